The van der Waals surface area contributed by atoms with Crippen LogP contribution in [-0.4, -0.2) is 57.3 Å². The van der Waals surface area contributed by atoms with Crippen LogP contribution < -0.4 is 0 Å². The van der Waals surface area contributed by atoms with Crippen LogP contribution in [0.2, 0.25) is 0 Å². The van der Waals surface area contributed by atoms with Gasteiger partial charge in [-0.25, -0.2) is 4.98 Å². The van der Waals surface area contributed by atoms with Gasteiger partial charge in [0.1, 0.15) is 5.82 Å². The Morgan fingerprint density at radius 1 is 1.22 bits per heavy atom. The first-order valence-corrected chi connectivity index (χ1v) is 10.2. The van der Waals surface area contributed by atoms with E-state index in [-0.39, 0.29) is 5.91 Å². The number of aromatic nitrogens is 2. The second kappa shape index (κ2) is 6.66. The molecule has 3 aliphatic heterocycles. The summed E-state index contributed by atoms with van der Waals surface area (Å²) in [5.74, 6) is 2.33. The monoisotopic (exact) mass is 366 g/mol. The van der Waals surface area contributed by atoms with Gasteiger partial charge < -0.3 is 14.8 Å². The molecule has 27 heavy (non-hydrogen) atoms. The number of rotatable bonds is 3. The summed E-state index contributed by atoms with van der Waals surface area (Å²) < 4.78 is 0. The molecule has 2 bridgehead atoms. The summed E-state index contributed by atoms with van der Waals surface area (Å²) in [5.41, 5.74) is 1.98. The molecule has 1 N–H and O–H groups in total. The molecule has 3 fully saturated rings. The van der Waals surface area contributed by atoms with E-state index in [9.17, 15) is 9.59 Å². The highest BCUT2D eigenvalue weighted by molar-refractivity contribution is 5.79. The Labute approximate surface area is 158 Å². The first-order chi connectivity index (χ1) is 13.2. The van der Waals surface area contributed by atoms with E-state index in [0.29, 0.717) is 43.0 Å². The van der Waals surface area contributed by atoms with Crippen molar-refractivity contribution < 1.29 is 9.59 Å². The SMILES string of the molecule is O=C(CCc1nc2ccccc2[nH]1)N1C[C@H]2C[C@H](C1)[C@H]1CCCC(=O)N1C2. The van der Waals surface area contributed by atoms with Crippen molar-refractivity contribution in [1.82, 2.24) is 19.8 Å². The van der Waals surface area contributed by atoms with Gasteiger partial charge in [-0.15, -0.1) is 0 Å². The minimum absolute atomic E-state index is 0.223. The number of aryl methyl sites for hydroxylation is 1. The lowest BCUT2D eigenvalue weighted by Crippen LogP contribution is -2.61. The topological polar surface area (TPSA) is 69.3 Å². The number of aromatic amines is 1. The summed E-state index contributed by atoms with van der Waals surface area (Å²) in [7, 11) is 0. The van der Waals surface area contributed by atoms with Gasteiger partial charge in [0.15, 0.2) is 0 Å². The maximum Gasteiger partial charge on any atom is 0.223 e. The van der Waals surface area contributed by atoms with Crippen molar-refractivity contribution in [2.24, 2.45) is 11.8 Å². The molecule has 3 aliphatic rings. The third kappa shape index (κ3) is 3.11. The number of H-pyrrole nitrogens is 1. The van der Waals surface area contributed by atoms with Gasteiger partial charge in [-0.05, 0) is 43.2 Å². The van der Waals surface area contributed by atoms with Crippen LogP contribution in [-0.2, 0) is 16.0 Å². The molecule has 0 radical (unpaired) electrons. The van der Waals surface area contributed by atoms with Crippen molar-refractivity contribution >= 4 is 22.8 Å². The highest BCUT2D eigenvalue weighted by Gasteiger charge is 2.44. The number of piperidine rings is 3. The van der Waals surface area contributed by atoms with Gasteiger partial charge in [-0.2, -0.15) is 0 Å². The predicted octanol–water partition coefficient (Wildman–Crippen LogP) is 2.35. The summed E-state index contributed by atoms with van der Waals surface area (Å²) in [4.78, 5) is 37.2. The Bertz CT molecular complexity index is 843. The standard InChI is InChI=1S/C21H26N4O2/c26-20(9-8-19-22-16-4-1-2-5-17(16)23-19)24-11-14-10-15(13-24)18-6-3-7-21(27)25(18)12-14/h1-2,4-5,14-15,18H,3,6-13H2,(H,22,23)/t14-,15-,18-/m1/s1. The van der Waals surface area contributed by atoms with E-state index in [2.05, 4.69) is 19.8 Å². The quantitative estimate of drug-likeness (QED) is 0.907. The molecule has 0 aliphatic carbocycles. The lowest BCUT2D eigenvalue weighted by atomic mass is 9.76. The smallest absolute Gasteiger partial charge is 0.223 e. The molecule has 3 atom stereocenters. The van der Waals surface area contributed by atoms with Gasteiger partial charge in [0.05, 0.1) is 11.0 Å². The van der Waals surface area contributed by atoms with Gasteiger partial charge in [-0.3, -0.25) is 9.59 Å². The number of benzene rings is 1. The molecule has 1 aromatic carbocycles. The van der Waals surface area contributed by atoms with Gasteiger partial charge in [0.25, 0.3) is 0 Å². The third-order valence-electron chi connectivity index (χ3n) is 6.55. The van der Waals surface area contributed by atoms with Crippen molar-refractivity contribution in [2.75, 3.05) is 19.6 Å². The Kier molecular flexibility index (Phi) is 4.14. The molecular formula is C21H26N4O2. The third-order valence-corrected chi connectivity index (χ3v) is 6.55. The van der Waals surface area contributed by atoms with Crippen LogP contribution in [0.3, 0.4) is 0 Å². The van der Waals surface area contributed by atoms with Crippen molar-refractivity contribution in [3.63, 3.8) is 0 Å². The van der Waals surface area contributed by atoms with Crippen molar-refractivity contribution in [1.29, 1.82) is 0 Å². The maximum absolute atomic E-state index is 12.8. The highest BCUT2D eigenvalue weighted by Crippen LogP contribution is 2.38. The zero-order valence-electron chi connectivity index (χ0n) is 15.6. The van der Waals surface area contributed by atoms with Gasteiger partial charge in [-0.1, -0.05) is 12.1 Å². The number of nitrogens with zero attached hydrogens (tertiary/aromatic N) is 3. The first kappa shape index (κ1) is 16.8. The van der Waals surface area contributed by atoms with E-state index in [1.807, 2.05) is 24.3 Å². The largest absolute Gasteiger partial charge is 0.342 e. The number of imidazole rings is 1. The molecule has 2 amide bonds. The summed E-state index contributed by atoms with van der Waals surface area (Å²) >= 11 is 0. The predicted molar refractivity (Wildman–Crippen MR) is 102 cm³/mol. The number of fused-ring (bicyclic) bond motifs is 5. The Morgan fingerprint density at radius 3 is 3.00 bits per heavy atom. The van der Waals surface area contributed by atoms with E-state index in [1.54, 1.807) is 0 Å². The Morgan fingerprint density at radius 2 is 2.11 bits per heavy atom. The fourth-order valence-electron chi connectivity index (χ4n) is 5.32. The van der Waals surface area contributed by atoms with Crippen LogP contribution in [0.4, 0.5) is 0 Å². The van der Waals surface area contributed by atoms with E-state index in [1.165, 1.54) is 6.42 Å². The summed E-state index contributed by atoms with van der Waals surface area (Å²) in [6, 6.07) is 8.32. The van der Waals surface area contributed by atoms with Crippen LogP contribution in [0, 0.1) is 11.8 Å². The molecule has 142 valence electrons. The number of hydrogen-bond acceptors (Lipinski definition) is 3. The molecule has 2 aromatic rings. The molecule has 4 heterocycles. The van der Waals surface area contributed by atoms with Gasteiger partial charge in [0.2, 0.25) is 11.8 Å². The summed E-state index contributed by atoms with van der Waals surface area (Å²) in [6.07, 6.45) is 5.11. The number of nitrogens with one attached hydrogen (secondary N) is 1. The molecule has 6 nitrogen and oxygen atoms in total. The molecule has 6 heteroatoms. The van der Waals surface area contributed by atoms with Crippen molar-refractivity contribution in [3.8, 4) is 0 Å². The molecule has 0 saturated carbocycles. The zero-order valence-corrected chi connectivity index (χ0v) is 15.6. The Hall–Kier alpha value is -2.37. The number of carbonyl (C=O) groups is 2. The van der Waals surface area contributed by atoms with Crippen LogP contribution >= 0.6 is 0 Å². The average Bonchev–Trinajstić information content (AvgIpc) is 3.10. The number of para-hydroxylation sites is 2. The molecule has 3 saturated heterocycles. The maximum atomic E-state index is 12.8. The molecule has 0 unspecified atom stereocenters. The van der Waals surface area contributed by atoms with Crippen LogP contribution in [0.25, 0.3) is 11.0 Å². The van der Waals surface area contributed by atoms with Gasteiger partial charge >= 0.3 is 0 Å². The fourth-order valence-corrected chi connectivity index (χ4v) is 5.32. The van der Waals surface area contributed by atoms with Crippen LogP contribution in [0.15, 0.2) is 24.3 Å². The van der Waals surface area contributed by atoms with E-state index in [0.717, 1.165) is 49.3 Å². The molecule has 1 aromatic heterocycles. The van der Waals surface area contributed by atoms with Crippen LogP contribution in [0.5, 0.6) is 0 Å². The summed E-state index contributed by atoms with van der Waals surface area (Å²) in [5, 5.41) is 0. The highest BCUT2D eigenvalue weighted by atomic mass is 16.2. The minimum Gasteiger partial charge on any atom is -0.342 e. The zero-order chi connectivity index (χ0) is 18.4. The van der Waals surface area contributed by atoms with Crippen LogP contribution in [0.1, 0.15) is 37.9 Å². The van der Waals surface area contributed by atoms with Crippen molar-refractivity contribution in [2.45, 2.75) is 44.6 Å². The number of likely N-dealkylation sites (tertiary alicyclic amines) is 1. The van der Waals surface area contributed by atoms with E-state index in [4.69, 9.17) is 0 Å². The lowest BCUT2D eigenvalue weighted by molar-refractivity contribution is -0.148. The Balaban J connectivity index is 1.23. The molecule has 0 spiro atoms. The lowest BCUT2D eigenvalue weighted by Gasteiger charge is -2.52. The van der Waals surface area contributed by atoms with E-state index >= 15 is 0 Å². The van der Waals surface area contributed by atoms with Crippen molar-refractivity contribution in [3.05, 3.63) is 30.1 Å². The van der Waals surface area contributed by atoms with E-state index < -0.39 is 0 Å². The fraction of sp³-hybridized carbons (Fsp3) is 0.571. The normalized spacial score (nSPS) is 27.7. The molecule has 5 rings (SSSR count). The number of hydrogen-bond donors (Lipinski definition) is 1. The minimum atomic E-state index is 0.223. The molecular weight excluding hydrogens is 340 g/mol. The first-order valence-electron chi connectivity index (χ1n) is 10.2. The average molecular weight is 366 g/mol. The number of amides is 2. The second-order valence-electron chi connectivity index (χ2n) is 8.37. The second-order valence-corrected chi connectivity index (χ2v) is 8.37. The number of carbonyl (C=O) groups excluding carboxylic acids is 2. The van der Waals surface area contributed by atoms with Gasteiger partial charge in [0, 0.05) is 44.9 Å². The summed E-state index contributed by atoms with van der Waals surface area (Å²) in [6.45, 7) is 2.45.